The highest BCUT2D eigenvalue weighted by atomic mass is 32.2. The van der Waals surface area contributed by atoms with E-state index >= 15 is 0 Å². The van der Waals surface area contributed by atoms with Crippen LogP contribution in [0.25, 0.3) is 0 Å². The molecule has 0 unspecified atom stereocenters. The van der Waals surface area contributed by atoms with Crippen molar-refractivity contribution in [2.45, 2.75) is 37.4 Å². The predicted octanol–water partition coefficient (Wildman–Crippen LogP) is 3.14. The summed E-state index contributed by atoms with van der Waals surface area (Å²) in [4.78, 5) is 8.07. The molecular weight excluding hydrogens is 263 g/mol. The fourth-order valence-electron chi connectivity index (χ4n) is 2.45. The summed E-state index contributed by atoms with van der Waals surface area (Å²) in [6, 6.07) is 0. The Bertz CT molecular complexity index is 421. The molecule has 1 aliphatic carbocycles. The summed E-state index contributed by atoms with van der Waals surface area (Å²) in [5, 5.41) is 6.15. The first-order valence-corrected chi connectivity index (χ1v) is 7.97. The minimum absolute atomic E-state index is 0.232. The van der Waals surface area contributed by atoms with Gasteiger partial charge in [-0.2, -0.15) is 16.7 Å². The van der Waals surface area contributed by atoms with Crippen LogP contribution in [0.3, 0.4) is 0 Å². The Hall–Kier alpha value is -1.04. The zero-order chi connectivity index (χ0) is 13.7. The van der Waals surface area contributed by atoms with Gasteiger partial charge in [0.2, 0.25) is 5.95 Å². The number of nitrogens with zero attached hydrogens (tertiary/aromatic N) is 2. The molecule has 0 aromatic carbocycles. The molecule has 4 nitrogen and oxygen atoms in total. The summed E-state index contributed by atoms with van der Waals surface area (Å²) in [6.45, 7) is 3.44. The van der Waals surface area contributed by atoms with Crippen molar-refractivity contribution in [1.82, 2.24) is 9.97 Å². The summed E-state index contributed by atoms with van der Waals surface area (Å²) in [5.74, 6) is 0.373. The summed E-state index contributed by atoms with van der Waals surface area (Å²) >= 11 is 1.88. The summed E-state index contributed by atoms with van der Waals surface area (Å²) in [5.41, 5.74) is 0. The van der Waals surface area contributed by atoms with Gasteiger partial charge < -0.3 is 10.6 Å². The molecule has 0 spiro atoms. The first-order valence-electron chi connectivity index (χ1n) is 6.74. The van der Waals surface area contributed by atoms with Crippen molar-refractivity contribution in [2.75, 3.05) is 30.0 Å². The molecule has 0 amide bonds. The van der Waals surface area contributed by atoms with Crippen LogP contribution in [0.1, 0.15) is 32.6 Å². The average Bonchev–Trinajstić information content (AvgIpc) is 2.89. The topological polar surface area (TPSA) is 49.8 Å². The third-order valence-electron chi connectivity index (χ3n) is 3.60. The molecule has 106 valence electrons. The molecule has 0 saturated heterocycles. The number of nitrogens with one attached hydrogen (secondary N) is 2. The molecule has 2 rings (SSSR count). The Morgan fingerprint density at radius 3 is 2.74 bits per heavy atom. The lowest BCUT2D eigenvalue weighted by molar-refractivity contribution is 0.604. The lowest BCUT2D eigenvalue weighted by Crippen LogP contribution is -2.30. The summed E-state index contributed by atoms with van der Waals surface area (Å²) in [7, 11) is 0. The van der Waals surface area contributed by atoms with Crippen molar-refractivity contribution in [3.05, 3.63) is 12.0 Å². The van der Waals surface area contributed by atoms with Crippen molar-refractivity contribution in [3.8, 4) is 0 Å². The maximum absolute atomic E-state index is 13.7. The van der Waals surface area contributed by atoms with Gasteiger partial charge in [0.25, 0.3) is 0 Å². The molecule has 0 radical (unpaired) electrons. The van der Waals surface area contributed by atoms with E-state index in [1.54, 1.807) is 0 Å². The molecule has 19 heavy (non-hydrogen) atoms. The van der Waals surface area contributed by atoms with Gasteiger partial charge in [-0.25, -0.2) is 9.37 Å². The van der Waals surface area contributed by atoms with Crippen LogP contribution in [0, 0.1) is 5.82 Å². The Kier molecular flexibility index (Phi) is 4.85. The normalized spacial score (nSPS) is 17.4. The highest BCUT2D eigenvalue weighted by molar-refractivity contribution is 8.00. The third kappa shape index (κ3) is 3.49. The standard InChI is InChI=1S/C13H21FN4S/c1-3-15-12-16-8-10(14)11(18-12)17-9-13(19-2)6-4-5-7-13/h8H,3-7,9H2,1-2H3,(H2,15,16,17,18). The lowest BCUT2D eigenvalue weighted by atomic mass is 10.1. The van der Waals surface area contributed by atoms with Crippen LogP contribution in [0.5, 0.6) is 0 Å². The molecular formula is C13H21FN4S. The zero-order valence-corrected chi connectivity index (χ0v) is 12.3. The molecule has 6 heteroatoms. The number of rotatable bonds is 6. The highest BCUT2D eigenvalue weighted by Crippen LogP contribution is 2.40. The van der Waals surface area contributed by atoms with Crippen molar-refractivity contribution in [2.24, 2.45) is 0 Å². The van der Waals surface area contributed by atoms with Gasteiger partial charge in [-0.1, -0.05) is 12.8 Å². The van der Waals surface area contributed by atoms with E-state index in [0.717, 1.165) is 13.1 Å². The number of hydrogen-bond donors (Lipinski definition) is 2. The number of thioether (sulfide) groups is 1. The molecule has 1 aliphatic rings. The van der Waals surface area contributed by atoms with Crippen LogP contribution in [0.4, 0.5) is 16.2 Å². The van der Waals surface area contributed by atoms with Gasteiger partial charge in [0.05, 0.1) is 6.20 Å². The molecule has 0 aliphatic heterocycles. The van der Waals surface area contributed by atoms with Crippen LogP contribution in [-0.2, 0) is 0 Å². The van der Waals surface area contributed by atoms with Crippen molar-refractivity contribution in [3.63, 3.8) is 0 Å². The SMILES string of the molecule is CCNc1ncc(F)c(NCC2(SC)CCCC2)n1. The predicted molar refractivity (Wildman–Crippen MR) is 79.4 cm³/mol. The fraction of sp³-hybridized carbons (Fsp3) is 0.692. The fourth-order valence-corrected chi connectivity index (χ4v) is 3.37. The van der Waals surface area contributed by atoms with Crippen molar-refractivity contribution >= 4 is 23.5 Å². The second kappa shape index (κ2) is 6.41. The second-order valence-corrected chi connectivity index (χ2v) is 6.14. The molecule has 0 atom stereocenters. The average molecular weight is 284 g/mol. The molecule has 1 aromatic rings. The van der Waals surface area contributed by atoms with E-state index in [4.69, 9.17) is 0 Å². The largest absolute Gasteiger partial charge is 0.366 e. The quantitative estimate of drug-likeness (QED) is 0.840. The second-order valence-electron chi connectivity index (χ2n) is 4.87. The number of hydrogen-bond acceptors (Lipinski definition) is 5. The minimum Gasteiger partial charge on any atom is -0.366 e. The zero-order valence-electron chi connectivity index (χ0n) is 11.5. The van der Waals surface area contributed by atoms with Gasteiger partial charge in [0, 0.05) is 17.8 Å². The lowest BCUT2D eigenvalue weighted by Gasteiger charge is -2.27. The summed E-state index contributed by atoms with van der Waals surface area (Å²) in [6.07, 6.45) is 8.25. The molecule has 1 aromatic heterocycles. The van der Waals surface area contributed by atoms with Crippen LogP contribution in [-0.4, -0.2) is 34.1 Å². The van der Waals surface area contributed by atoms with Crippen molar-refractivity contribution in [1.29, 1.82) is 0 Å². The van der Waals surface area contributed by atoms with Gasteiger partial charge in [0.15, 0.2) is 11.6 Å². The van der Waals surface area contributed by atoms with E-state index < -0.39 is 5.82 Å². The van der Waals surface area contributed by atoms with Crippen LogP contribution < -0.4 is 10.6 Å². The van der Waals surface area contributed by atoms with E-state index in [1.165, 1.54) is 31.9 Å². The first kappa shape index (κ1) is 14.4. The molecule has 1 fully saturated rings. The van der Waals surface area contributed by atoms with E-state index in [9.17, 15) is 4.39 Å². The monoisotopic (exact) mass is 284 g/mol. The van der Waals surface area contributed by atoms with E-state index in [2.05, 4.69) is 26.9 Å². The van der Waals surface area contributed by atoms with Crippen LogP contribution in [0.2, 0.25) is 0 Å². The smallest absolute Gasteiger partial charge is 0.224 e. The van der Waals surface area contributed by atoms with E-state index in [1.807, 2.05) is 18.7 Å². The Balaban J connectivity index is 2.03. The summed E-state index contributed by atoms with van der Waals surface area (Å²) < 4.78 is 13.9. The Morgan fingerprint density at radius 1 is 1.37 bits per heavy atom. The number of halogens is 1. The van der Waals surface area contributed by atoms with E-state index in [0.29, 0.717) is 11.8 Å². The van der Waals surface area contributed by atoms with Crippen molar-refractivity contribution < 1.29 is 4.39 Å². The van der Waals surface area contributed by atoms with Gasteiger partial charge >= 0.3 is 0 Å². The highest BCUT2D eigenvalue weighted by Gasteiger charge is 2.33. The first-order chi connectivity index (χ1) is 9.19. The molecule has 2 N–H and O–H groups in total. The van der Waals surface area contributed by atoms with Gasteiger partial charge in [0.1, 0.15) is 0 Å². The third-order valence-corrected chi connectivity index (χ3v) is 5.02. The Morgan fingerprint density at radius 2 is 2.11 bits per heavy atom. The molecule has 0 bridgehead atoms. The van der Waals surface area contributed by atoms with Gasteiger partial charge in [-0.3, -0.25) is 0 Å². The Labute approximate surface area is 118 Å². The molecule has 1 saturated carbocycles. The van der Waals surface area contributed by atoms with Crippen LogP contribution >= 0.6 is 11.8 Å². The maximum Gasteiger partial charge on any atom is 0.224 e. The van der Waals surface area contributed by atoms with E-state index in [-0.39, 0.29) is 4.75 Å². The van der Waals surface area contributed by atoms with Gasteiger partial charge in [-0.15, -0.1) is 0 Å². The van der Waals surface area contributed by atoms with Gasteiger partial charge in [-0.05, 0) is 26.0 Å². The minimum atomic E-state index is -0.393. The van der Waals surface area contributed by atoms with Crippen LogP contribution in [0.15, 0.2) is 6.20 Å². The number of anilines is 2. The molecule has 1 heterocycles. The number of aromatic nitrogens is 2. The maximum atomic E-state index is 13.7.